The summed E-state index contributed by atoms with van der Waals surface area (Å²) >= 11 is 0. The van der Waals surface area contributed by atoms with Crippen LogP contribution in [0.4, 0.5) is 5.69 Å². The van der Waals surface area contributed by atoms with Crippen molar-refractivity contribution in [2.75, 3.05) is 12.4 Å². The Balaban J connectivity index is 2.42. The predicted molar refractivity (Wildman–Crippen MR) is 69.0 cm³/mol. The van der Waals surface area contributed by atoms with Crippen LogP contribution in [0.3, 0.4) is 0 Å². The summed E-state index contributed by atoms with van der Waals surface area (Å²) in [4.78, 5) is 15.1. The van der Waals surface area contributed by atoms with Crippen molar-refractivity contribution in [1.29, 1.82) is 0 Å². The average molecular weight is 246 g/mol. The highest BCUT2D eigenvalue weighted by atomic mass is 16.5. The Hall–Kier alpha value is -2.30. The summed E-state index contributed by atoms with van der Waals surface area (Å²) in [7, 11) is 1.58. The Kier molecular flexibility index (Phi) is 3.32. The number of hydrogen-bond acceptors (Lipinski definition) is 4. The van der Waals surface area contributed by atoms with E-state index in [4.69, 9.17) is 9.84 Å². The molecule has 0 aliphatic carbocycles. The fourth-order valence-electron chi connectivity index (χ4n) is 1.66. The Morgan fingerprint density at radius 3 is 2.94 bits per heavy atom. The third kappa shape index (κ3) is 2.34. The summed E-state index contributed by atoms with van der Waals surface area (Å²) in [6, 6.07) is 6.75. The van der Waals surface area contributed by atoms with Gasteiger partial charge in [-0.2, -0.15) is 0 Å². The minimum atomic E-state index is -0.902. The Labute approximate surface area is 104 Å². The van der Waals surface area contributed by atoms with Crippen molar-refractivity contribution in [1.82, 2.24) is 4.98 Å². The lowest BCUT2D eigenvalue weighted by atomic mass is 10.1. The van der Waals surface area contributed by atoms with E-state index < -0.39 is 12.0 Å². The highest BCUT2D eigenvalue weighted by Gasteiger charge is 2.12. The number of anilines is 1. The minimum Gasteiger partial charge on any atom is -0.495 e. The number of pyridine rings is 1. The number of aliphatic carboxylic acids is 1. The van der Waals surface area contributed by atoms with Gasteiger partial charge in [0.2, 0.25) is 0 Å². The molecule has 0 bridgehead atoms. The van der Waals surface area contributed by atoms with Crippen molar-refractivity contribution in [3.63, 3.8) is 0 Å². The second-order valence-corrected chi connectivity index (χ2v) is 3.96. The van der Waals surface area contributed by atoms with Crippen LogP contribution in [0.5, 0.6) is 5.75 Å². The maximum absolute atomic E-state index is 10.8. The molecule has 1 aromatic carbocycles. The first-order valence-electron chi connectivity index (χ1n) is 5.54. The van der Waals surface area contributed by atoms with E-state index in [1.807, 2.05) is 18.2 Å². The summed E-state index contributed by atoms with van der Waals surface area (Å²) in [5.41, 5.74) is 1.43. The van der Waals surface area contributed by atoms with E-state index in [1.54, 1.807) is 26.3 Å². The number of nitrogens with zero attached hydrogens (tertiary/aromatic N) is 1. The second kappa shape index (κ2) is 4.91. The van der Waals surface area contributed by atoms with E-state index in [0.29, 0.717) is 11.4 Å². The first-order valence-corrected chi connectivity index (χ1v) is 5.54. The van der Waals surface area contributed by atoms with Crippen LogP contribution in [0.1, 0.15) is 6.92 Å². The summed E-state index contributed by atoms with van der Waals surface area (Å²) in [6.07, 6.45) is 1.61. The maximum atomic E-state index is 10.8. The number of ether oxygens (including phenoxy) is 1. The number of hydrogen-bond donors (Lipinski definition) is 2. The molecule has 1 heterocycles. The van der Waals surface area contributed by atoms with Crippen molar-refractivity contribution in [2.24, 2.45) is 0 Å². The first kappa shape index (κ1) is 12.2. The van der Waals surface area contributed by atoms with E-state index in [0.717, 1.165) is 10.9 Å². The molecule has 5 nitrogen and oxygen atoms in total. The summed E-state index contributed by atoms with van der Waals surface area (Å²) in [5, 5.41) is 12.7. The Bertz CT molecular complexity index is 583. The van der Waals surface area contributed by atoms with Crippen LogP contribution < -0.4 is 10.1 Å². The summed E-state index contributed by atoms with van der Waals surface area (Å²) < 4.78 is 5.10. The lowest BCUT2D eigenvalue weighted by molar-refractivity contribution is -0.137. The molecule has 0 unspecified atom stereocenters. The SMILES string of the molecule is COc1cnc2c(N[C@@H](C)C(=O)O)cccc2c1. The van der Waals surface area contributed by atoms with Gasteiger partial charge in [-0.05, 0) is 19.1 Å². The van der Waals surface area contributed by atoms with Crippen molar-refractivity contribution in [2.45, 2.75) is 13.0 Å². The van der Waals surface area contributed by atoms with Gasteiger partial charge in [-0.25, -0.2) is 0 Å². The molecule has 2 rings (SSSR count). The molecule has 18 heavy (non-hydrogen) atoms. The van der Waals surface area contributed by atoms with E-state index in [9.17, 15) is 4.79 Å². The molecule has 5 heteroatoms. The van der Waals surface area contributed by atoms with Crippen LogP contribution in [-0.4, -0.2) is 29.2 Å². The molecule has 2 N–H and O–H groups in total. The van der Waals surface area contributed by atoms with Gasteiger partial charge in [0.25, 0.3) is 0 Å². The highest BCUT2D eigenvalue weighted by molar-refractivity contribution is 5.92. The fraction of sp³-hybridized carbons (Fsp3) is 0.231. The number of nitrogens with one attached hydrogen (secondary N) is 1. The molecule has 94 valence electrons. The third-order valence-corrected chi connectivity index (χ3v) is 2.66. The standard InChI is InChI=1S/C13H14N2O3/c1-8(13(16)17)15-11-5-3-4-9-6-10(18-2)7-14-12(9)11/h3-8,15H,1-2H3,(H,16,17)/t8-/m0/s1. The van der Waals surface area contributed by atoms with Crippen LogP contribution in [0.25, 0.3) is 10.9 Å². The van der Waals surface area contributed by atoms with Gasteiger partial charge >= 0.3 is 5.97 Å². The largest absolute Gasteiger partial charge is 0.495 e. The third-order valence-electron chi connectivity index (χ3n) is 2.66. The molecule has 0 saturated carbocycles. The van der Waals surface area contributed by atoms with Gasteiger partial charge in [-0.15, -0.1) is 0 Å². The summed E-state index contributed by atoms with van der Waals surface area (Å²) in [5.74, 6) is -0.230. The molecule has 0 fully saturated rings. The van der Waals surface area contributed by atoms with Gasteiger partial charge in [0.15, 0.2) is 0 Å². The molecule has 0 aliphatic heterocycles. The molecule has 0 saturated heterocycles. The number of rotatable bonds is 4. The quantitative estimate of drug-likeness (QED) is 0.864. The van der Waals surface area contributed by atoms with E-state index >= 15 is 0 Å². The predicted octanol–water partition coefficient (Wildman–Crippen LogP) is 2.13. The van der Waals surface area contributed by atoms with Gasteiger partial charge in [0, 0.05) is 5.39 Å². The molecule has 0 spiro atoms. The minimum absolute atomic E-state index is 0.667. The molecule has 1 atom stereocenters. The number of carbonyl (C=O) groups is 1. The normalized spacial score (nSPS) is 12.1. The Morgan fingerprint density at radius 2 is 2.28 bits per heavy atom. The van der Waals surface area contributed by atoms with Crippen LogP contribution in [0.2, 0.25) is 0 Å². The van der Waals surface area contributed by atoms with Crippen molar-refractivity contribution >= 4 is 22.6 Å². The number of methoxy groups -OCH3 is 1. The summed E-state index contributed by atoms with van der Waals surface area (Å²) in [6.45, 7) is 1.59. The molecule has 1 aromatic heterocycles. The van der Waals surface area contributed by atoms with Crippen LogP contribution >= 0.6 is 0 Å². The number of fused-ring (bicyclic) bond motifs is 1. The highest BCUT2D eigenvalue weighted by Crippen LogP contribution is 2.24. The van der Waals surface area contributed by atoms with Gasteiger partial charge in [0.05, 0.1) is 24.5 Å². The van der Waals surface area contributed by atoms with Crippen molar-refractivity contribution < 1.29 is 14.6 Å². The van der Waals surface area contributed by atoms with Crippen LogP contribution in [0.15, 0.2) is 30.5 Å². The van der Waals surface area contributed by atoms with Gasteiger partial charge in [0.1, 0.15) is 11.8 Å². The second-order valence-electron chi connectivity index (χ2n) is 3.96. The fourth-order valence-corrected chi connectivity index (χ4v) is 1.66. The topological polar surface area (TPSA) is 71.5 Å². The molecular formula is C13H14N2O3. The number of carboxylic acids is 1. The van der Waals surface area contributed by atoms with Crippen molar-refractivity contribution in [3.8, 4) is 5.75 Å². The van der Waals surface area contributed by atoms with E-state index in [1.165, 1.54) is 0 Å². The van der Waals surface area contributed by atoms with Gasteiger partial charge in [-0.1, -0.05) is 12.1 Å². The molecule has 0 radical (unpaired) electrons. The molecule has 2 aromatic rings. The van der Waals surface area contributed by atoms with E-state index in [-0.39, 0.29) is 0 Å². The molecule has 0 amide bonds. The molecular weight excluding hydrogens is 232 g/mol. The first-order chi connectivity index (χ1) is 8.61. The lowest BCUT2D eigenvalue weighted by Crippen LogP contribution is -2.25. The smallest absolute Gasteiger partial charge is 0.325 e. The average Bonchev–Trinajstić information content (AvgIpc) is 2.38. The van der Waals surface area contributed by atoms with Gasteiger partial charge in [-0.3, -0.25) is 9.78 Å². The maximum Gasteiger partial charge on any atom is 0.325 e. The van der Waals surface area contributed by atoms with Crippen LogP contribution in [-0.2, 0) is 4.79 Å². The number of benzene rings is 1. The number of aromatic nitrogens is 1. The zero-order valence-corrected chi connectivity index (χ0v) is 10.2. The number of carboxylic acid groups (broad SMARTS) is 1. The van der Waals surface area contributed by atoms with Crippen molar-refractivity contribution in [3.05, 3.63) is 30.5 Å². The molecule has 0 aliphatic rings. The van der Waals surface area contributed by atoms with E-state index in [2.05, 4.69) is 10.3 Å². The Morgan fingerprint density at radius 1 is 1.50 bits per heavy atom. The van der Waals surface area contributed by atoms with Crippen LogP contribution in [0, 0.1) is 0 Å². The zero-order valence-electron chi connectivity index (χ0n) is 10.2. The van der Waals surface area contributed by atoms with Gasteiger partial charge < -0.3 is 15.2 Å². The lowest BCUT2D eigenvalue weighted by Gasteiger charge is -2.12. The monoisotopic (exact) mass is 246 g/mol. The zero-order chi connectivity index (χ0) is 13.1. The number of para-hydroxylation sites is 1.